The second-order valence-electron chi connectivity index (χ2n) is 6.46. The molecule has 2 aromatic heterocycles. The van der Waals surface area contributed by atoms with Crippen molar-refractivity contribution in [3.63, 3.8) is 0 Å². The minimum atomic E-state index is 0.452. The molecule has 5 aromatic rings. The Morgan fingerprint density at radius 2 is 1.43 bits per heavy atom. The number of anilines is 2. The van der Waals surface area contributed by atoms with E-state index >= 15 is 0 Å². The van der Waals surface area contributed by atoms with Gasteiger partial charge in [0.25, 0.3) is 0 Å². The van der Waals surface area contributed by atoms with Crippen LogP contribution in [0.2, 0.25) is 10.0 Å². The number of benzene rings is 3. The zero-order valence-corrected chi connectivity index (χ0v) is 15.9. The minimum absolute atomic E-state index is 0.452. The van der Waals surface area contributed by atoms with Crippen LogP contribution < -0.4 is 11.5 Å². The Bertz CT molecular complexity index is 1330. The molecule has 0 spiro atoms. The Morgan fingerprint density at radius 1 is 0.750 bits per heavy atom. The summed E-state index contributed by atoms with van der Waals surface area (Å²) in [4.78, 5) is 16.0. The second-order valence-corrected chi connectivity index (χ2v) is 7.28. The number of aromatic nitrogens is 4. The van der Waals surface area contributed by atoms with Gasteiger partial charge in [0, 0.05) is 11.1 Å². The van der Waals surface area contributed by atoms with Gasteiger partial charge in [-0.1, -0.05) is 47.5 Å². The molecule has 0 unspecified atom stereocenters. The van der Waals surface area contributed by atoms with Crippen LogP contribution in [0.3, 0.4) is 0 Å². The first kappa shape index (κ1) is 16.9. The zero-order chi connectivity index (χ0) is 19.4. The van der Waals surface area contributed by atoms with E-state index in [4.69, 9.17) is 34.7 Å². The molecular weight excluding hydrogens is 395 g/mol. The van der Waals surface area contributed by atoms with Crippen molar-refractivity contribution in [3.05, 3.63) is 58.6 Å². The highest BCUT2D eigenvalue weighted by atomic mass is 35.5. The lowest BCUT2D eigenvalue weighted by atomic mass is 10.1. The molecule has 3 aromatic carbocycles. The molecule has 0 saturated heterocycles. The van der Waals surface area contributed by atoms with Crippen LogP contribution >= 0.6 is 23.2 Å². The maximum absolute atomic E-state index is 6.13. The van der Waals surface area contributed by atoms with Crippen LogP contribution in [0.25, 0.3) is 44.8 Å². The number of nitrogen functional groups attached to an aromatic ring is 2. The predicted molar refractivity (Wildman–Crippen MR) is 115 cm³/mol. The van der Waals surface area contributed by atoms with Crippen LogP contribution in [-0.4, -0.2) is 19.9 Å². The third-order valence-electron chi connectivity index (χ3n) is 4.68. The molecule has 0 amide bonds. The largest absolute Gasteiger partial charge is 0.397 e. The molecule has 5 rings (SSSR count). The molecule has 0 aliphatic heterocycles. The fraction of sp³-hybridized carbons (Fsp3) is 0. The van der Waals surface area contributed by atoms with Gasteiger partial charge in [-0.2, -0.15) is 0 Å². The number of halogens is 2. The predicted octanol–water partition coefficient (Wildman–Crippen LogP) is 5.24. The van der Waals surface area contributed by atoms with Gasteiger partial charge in [-0.3, -0.25) is 0 Å². The molecule has 0 aliphatic carbocycles. The van der Waals surface area contributed by atoms with Crippen molar-refractivity contribution in [2.24, 2.45) is 0 Å². The smallest absolute Gasteiger partial charge is 0.139 e. The van der Waals surface area contributed by atoms with E-state index in [2.05, 4.69) is 19.9 Å². The quantitative estimate of drug-likeness (QED) is 0.299. The summed E-state index contributed by atoms with van der Waals surface area (Å²) < 4.78 is 0. The summed E-state index contributed by atoms with van der Waals surface area (Å²) in [6.07, 6.45) is 0. The highest BCUT2D eigenvalue weighted by Crippen LogP contribution is 2.34. The molecular formula is C20H14Cl2N6. The Morgan fingerprint density at radius 3 is 2.18 bits per heavy atom. The van der Waals surface area contributed by atoms with Crippen molar-refractivity contribution in [2.75, 3.05) is 11.5 Å². The summed E-state index contributed by atoms with van der Waals surface area (Å²) in [5.41, 5.74) is 17.7. The van der Waals surface area contributed by atoms with Crippen molar-refractivity contribution in [1.29, 1.82) is 0 Å². The van der Waals surface area contributed by atoms with Crippen LogP contribution in [0.4, 0.5) is 11.4 Å². The molecule has 0 radical (unpaired) electrons. The number of hydrogen-bond acceptors (Lipinski definition) is 4. The van der Waals surface area contributed by atoms with Crippen LogP contribution in [-0.2, 0) is 0 Å². The van der Waals surface area contributed by atoms with E-state index in [1.807, 2.05) is 30.3 Å². The van der Waals surface area contributed by atoms with E-state index in [9.17, 15) is 0 Å². The average Bonchev–Trinajstić information content (AvgIpc) is 3.30. The van der Waals surface area contributed by atoms with Gasteiger partial charge >= 0.3 is 0 Å². The molecule has 8 heteroatoms. The Kier molecular flexibility index (Phi) is 3.72. The van der Waals surface area contributed by atoms with Crippen LogP contribution in [0, 0.1) is 0 Å². The van der Waals surface area contributed by atoms with E-state index in [1.165, 1.54) is 0 Å². The lowest BCUT2D eigenvalue weighted by molar-refractivity contribution is 1.30. The van der Waals surface area contributed by atoms with Gasteiger partial charge in [0.1, 0.15) is 17.2 Å². The summed E-state index contributed by atoms with van der Waals surface area (Å²) in [7, 11) is 0. The van der Waals surface area contributed by atoms with Crippen LogP contribution in [0.1, 0.15) is 0 Å². The van der Waals surface area contributed by atoms with Crippen molar-refractivity contribution in [2.45, 2.75) is 0 Å². The topological polar surface area (TPSA) is 109 Å². The lowest BCUT2D eigenvalue weighted by Crippen LogP contribution is -1.89. The summed E-state index contributed by atoms with van der Waals surface area (Å²) in [5, 5.41) is 0.964. The molecule has 0 aliphatic rings. The third kappa shape index (κ3) is 2.58. The zero-order valence-electron chi connectivity index (χ0n) is 14.4. The Balaban J connectivity index is 1.71. The van der Waals surface area contributed by atoms with E-state index in [0.717, 1.165) is 27.7 Å². The summed E-state index contributed by atoms with van der Waals surface area (Å²) >= 11 is 12.3. The average molecular weight is 409 g/mol. The Hall–Kier alpha value is -3.22. The van der Waals surface area contributed by atoms with Crippen molar-refractivity contribution >= 4 is 56.6 Å². The second kappa shape index (κ2) is 6.15. The Labute approximate surface area is 169 Å². The standard InChI is InChI=1S/C20H14Cl2N6/c21-11-5-6-14-18(17(11)24)28-20(25-14)10-4-2-1-3-9(10)19-26-15-7-12(22)13(23)8-16(15)27-19/h1-8H,23-24H2,(H,25,28)(H,26,27). The summed E-state index contributed by atoms with van der Waals surface area (Å²) in [6.45, 7) is 0. The molecule has 28 heavy (non-hydrogen) atoms. The number of fused-ring (bicyclic) bond motifs is 2. The van der Waals surface area contributed by atoms with Gasteiger partial charge in [0.15, 0.2) is 0 Å². The van der Waals surface area contributed by atoms with Crippen LogP contribution in [0.5, 0.6) is 0 Å². The number of imidazole rings is 2. The van der Waals surface area contributed by atoms with E-state index in [-0.39, 0.29) is 0 Å². The molecule has 0 fully saturated rings. The summed E-state index contributed by atoms with van der Waals surface area (Å²) in [6, 6.07) is 15.0. The van der Waals surface area contributed by atoms with Gasteiger partial charge in [0.05, 0.1) is 38.0 Å². The monoisotopic (exact) mass is 408 g/mol. The van der Waals surface area contributed by atoms with Gasteiger partial charge < -0.3 is 21.4 Å². The van der Waals surface area contributed by atoms with E-state index in [0.29, 0.717) is 38.6 Å². The molecule has 0 atom stereocenters. The molecule has 6 N–H and O–H groups in total. The fourth-order valence-corrected chi connectivity index (χ4v) is 3.59. The number of aromatic amines is 2. The van der Waals surface area contributed by atoms with Gasteiger partial charge in [-0.05, 0) is 24.3 Å². The number of nitrogens with two attached hydrogens (primary N) is 2. The first-order chi connectivity index (χ1) is 13.5. The lowest BCUT2D eigenvalue weighted by Gasteiger charge is -2.04. The van der Waals surface area contributed by atoms with Crippen molar-refractivity contribution in [3.8, 4) is 22.8 Å². The van der Waals surface area contributed by atoms with E-state index < -0.39 is 0 Å². The number of H-pyrrole nitrogens is 2. The van der Waals surface area contributed by atoms with Crippen molar-refractivity contribution < 1.29 is 0 Å². The van der Waals surface area contributed by atoms with Crippen LogP contribution in [0.15, 0.2) is 48.5 Å². The first-order valence-electron chi connectivity index (χ1n) is 8.49. The number of nitrogens with one attached hydrogen (secondary N) is 2. The van der Waals surface area contributed by atoms with Crippen molar-refractivity contribution in [1.82, 2.24) is 19.9 Å². The fourth-order valence-electron chi connectivity index (χ4n) is 3.27. The highest BCUT2D eigenvalue weighted by molar-refractivity contribution is 6.34. The minimum Gasteiger partial charge on any atom is -0.397 e. The SMILES string of the molecule is Nc1cc2nc(-c3ccccc3-c3nc4c(N)c(Cl)ccc4[nH]3)[nH]c2cc1Cl. The van der Waals surface area contributed by atoms with Gasteiger partial charge in [0.2, 0.25) is 0 Å². The maximum atomic E-state index is 6.13. The third-order valence-corrected chi connectivity index (χ3v) is 5.34. The highest BCUT2D eigenvalue weighted by Gasteiger charge is 2.16. The summed E-state index contributed by atoms with van der Waals surface area (Å²) in [5.74, 6) is 1.37. The molecule has 0 saturated carbocycles. The normalized spacial score (nSPS) is 11.5. The van der Waals surface area contributed by atoms with E-state index in [1.54, 1.807) is 18.2 Å². The molecule has 6 nitrogen and oxygen atoms in total. The number of nitrogens with zero attached hydrogens (tertiary/aromatic N) is 2. The molecule has 0 bridgehead atoms. The molecule has 2 heterocycles. The maximum Gasteiger partial charge on any atom is 0.139 e. The van der Waals surface area contributed by atoms with Gasteiger partial charge in [-0.15, -0.1) is 0 Å². The first-order valence-corrected chi connectivity index (χ1v) is 9.25. The molecule has 138 valence electrons. The number of rotatable bonds is 2. The van der Waals surface area contributed by atoms with Gasteiger partial charge in [-0.25, -0.2) is 9.97 Å². The number of hydrogen-bond donors (Lipinski definition) is 4.